The number of unbranched alkanes of at least 4 members (excludes halogenated alkanes) is 5. The van der Waals surface area contributed by atoms with Gasteiger partial charge in [0.1, 0.15) is 0 Å². The van der Waals surface area contributed by atoms with Crippen molar-refractivity contribution in [3.8, 4) is 0 Å². The molecule has 0 amide bonds. The molecule has 0 aliphatic carbocycles. The van der Waals surface area contributed by atoms with Crippen LogP contribution in [-0.2, 0) is 8.85 Å². The molecule has 177 valence electrons. The van der Waals surface area contributed by atoms with Crippen LogP contribution in [0.5, 0.6) is 0 Å². The van der Waals surface area contributed by atoms with Crippen LogP contribution in [0.15, 0.2) is 18.2 Å². The highest BCUT2D eigenvalue weighted by Gasteiger charge is 2.13. The number of nitrogens with zero attached hydrogens (tertiary/aromatic N) is 2. The van der Waals surface area contributed by atoms with Gasteiger partial charge < -0.3 is 18.7 Å². The van der Waals surface area contributed by atoms with Gasteiger partial charge in [0.25, 0.3) is 0 Å². The van der Waals surface area contributed by atoms with E-state index in [1.165, 1.54) is 55.9 Å². The maximum Gasteiger partial charge on any atom is 0.384 e. The summed E-state index contributed by atoms with van der Waals surface area (Å²) < 4.78 is 11.1. The van der Waals surface area contributed by atoms with Gasteiger partial charge in [0.05, 0.1) is 9.52 Å². The van der Waals surface area contributed by atoms with E-state index in [1.54, 1.807) is 12.3 Å². The molecule has 0 N–H and O–H groups in total. The van der Waals surface area contributed by atoms with Crippen molar-refractivity contribution in [1.82, 2.24) is 0 Å². The lowest BCUT2D eigenvalue weighted by molar-refractivity contribution is 0.239. The molecule has 0 atom stereocenters. The largest absolute Gasteiger partial charge is 0.397 e. The maximum absolute atomic E-state index is 5.64. The van der Waals surface area contributed by atoms with Crippen LogP contribution < -0.4 is 15.0 Å². The van der Waals surface area contributed by atoms with Crippen LogP contribution in [0.1, 0.15) is 73.1 Å². The molecule has 0 saturated carbocycles. The van der Waals surface area contributed by atoms with Crippen molar-refractivity contribution in [1.29, 1.82) is 0 Å². The van der Waals surface area contributed by atoms with E-state index in [4.69, 9.17) is 8.85 Å². The van der Waals surface area contributed by atoms with E-state index in [-0.39, 0.29) is 0 Å². The summed E-state index contributed by atoms with van der Waals surface area (Å²) in [5, 5.41) is 1.55. The Morgan fingerprint density at radius 1 is 0.806 bits per heavy atom. The predicted octanol–water partition coefficient (Wildman–Crippen LogP) is 5.64. The van der Waals surface area contributed by atoms with Crippen molar-refractivity contribution in [3.63, 3.8) is 0 Å². The summed E-state index contributed by atoms with van der Waals surface area (Å²) in [6, 6.07) is 9.60. The topological polar surface area (TPSA) is 24.9 Å². The summed E-state index contributed by atoms with van der Waals surface area (Å²) in [5.41, 5.74) is 2.82. The van der Waals surface area contributed by atoms with Crippen molar-refractivity contribution in [2.24, 2.45) is 0 Å². The number of anilines is 2. The number of rotatable bonds is 19. The molecule has 0 aliphatic rings. The first kappa shape index (κ1) is 28.2. The maximum atomic E-state index is 5.64. The second kappa shape index (κ2) is 17.7. The summed E-state index contributed by atoms with van der Waals surface area (Å²) in [7, 11) is 1.70. The van der Waals surface area contributed by atoms with Crippen LogP contribution in [0.4, 0.5) is 11.4 Å². The molecule has 1 aromatic carbocycles. The number of hydrogen-bond donors (Lipinski definition) is 0. The predicted molar refractivity (Wildman–Crippen MR) is 141 cm³/mol. The zero-order valence-corrected chi connectivity index (χ0v) is 23.1. The van der Waals surface area contributed by atoms with Gasteiger partial charge in [0.15, 0.2) is 0 Å². The molecule has 3 radical (unpaired) electrons. The molecule has 0 heterocycles. The van der Waals surface area contributed by atoms with Crippen LogP contribution in [0.2, 0.25) is 12.1 Å². The molecule has 31 heavy (non-hydrogen) atoms. The van der Waals surface area contributed by atoms with E-state index in [9.17, 15) is 0 Å². The molecule has 1 aromatic rings. The fourth-order valence-electron chi connectivity index (χ4n) is 4.00. The summed E-state index contributed by atoms with van der Waals surface area (Å²) in [6.07, 6.45) is 7.97. The highest BCUT2D eigenvalue weighted by molar-refractivity contribution is 6.55. The van der Waals surface area contributed by atoms with Gasteiger partial charge in [-0.2, -0.15) is 0 Å². The van der Waals surface area contributed by atoms with Gasteiger partial charge in [0.2, 0.25) is 0 Å². The molecule has 0 bridgehead atoms. The lowest BCUT2D eigenvalue weighted by Crippen LogP contribution is -2.31. The minimum Gasteiger partial charge on any atom is -0.397 e. The van der Waals surface area contributed by atoms with Crippen molar-refractivity contribution < 1.29 is 8.85 Å². The van der Waals surface area contributed by atoms with Crippen LogP contribution in [0, 0.1) is 0 Å². The molecule has 4 nitrogen and oxygen atoms in total. The quantitative estimate of drug-likeness (QED) is 0.196. The molecule has 0 spiro atoms. The Kier molecular flexibility index (Phi) is 16.1. The van der Waals surface area contributed by atoms with Crippen LogP contribution >= 0.6 is 0 Å². The fraction of sp³-hybridized carbons (Fsp3) is 0.760. The zero-order chi connectivity index (χ0) is 22.9. The van der Waals surface area contributed by atoms with E-state index in [0.717, 1.165) is 48.3 Å². The lowest BCUT2D eigenvalue weighted by atomic mass is 10.1. The fourth-order valence-corrected chi connectivity index (χ4v) is 6.64. The standard InChI is InChI=1S/C25H47N2O2Si2/c1-7-26(8-2)23-18-19-25(24(22-23)27(9-3)10-4)30-20-16-14-12-13-15-17-21-31(28-6)29-11-5/h18-19,22H,7-17,20-21H2,1-6H3. The van der Waals surface area contributed by atoms with Gasteiger partial charge >= 0.3 is 9.28 Å². The second-order valence-electron chi connectivity index (χ2n) is 7.85. The van der Waals surface area contributed by atoms with E-state index in [2.05, 4.69) is 62.6 Å². The molecular formula is C25H47N2O2Si2. The highest BCUT2D eigenvalue weighted by Crippen LogP contribution is 2.21. The van der Waals surface area contributed by atoms with Crippen LogP contribution in [0.25, 0.3) is 0 Å². The Labute approximate surface area is 197 Å². The van der Waals surface area contributed by atoms with Gasteiger partial charge in [-0.3, -0.25) is 0 Å². The average molecular weight is 464 g/mol. The number of hydrogen-bond acceptors (Lipinski definition) is 4. The average Bonchev–Trinajstić information content (AvgIpc) is 2.79. The van der Waals surface area contributed by atoms with Crippen molar-refractivity contribution in [3.05, 3.63) is 18.2 Å². The molecule has 6 heteroatoms. The van der Waals surface area contributed by atoms with E-state index >= 15 is 0 Å². The first-order chi connectivity index (χ1) is 15.1. The van der Waals surface area contributed by atoms with E-state index < -0.39 is 9.28 Å². The molecular weight excluding hydrogens is 416 g/mol. The zero-order valence-electron chi connectivity index (χ0n) is 21.1. The Bertz CT molecular complexity index is 566. The third-order valence-corrected chi connectivity index (χ3v) is 9.11. The third kappa shape index (κ3) is 10.6. The Morgan fingerprint density at radius 3 is 2.00 bits per heavy atom. The SMILES string of the molecule is CCO[Si](CCCCCCCC[Si]c1ccc(N(CC)CC)cc1N(CC)CC)OC. The van der Waals surface area contributed by atoms with Gasteiger partial charge in [-0.15, -0.1) is 0 Å². The van der Waals surface area contributed by atoms with E-state index in [0.29, 0.717) is 0 Å². The lowest BCUT2D eigenvalue weighted by Gasteiger charge is -2.28. The van der Waals surface area contributed by atoms with Crippen molar-refractivity contribution >= 4 is 35.4 Å². The summed E-state index contributed by atoms with van der Waals surface area (Å²) in [6.45, 7) is 16.1. The Balaban J connectivity index is 2.42. The number of benzene rings is 1. The highest BCUT2D eigenvalue weighted by atomic mass is 28.3. The Hall–Kier alpha value is -0.826. The van der Waals surface area contributed by atoms with Gasteiger partial charge in [0, 0.05) is 51.3 Å². The monoisotopic (exact) mass is 463 g/mol. The minimum atomic E-state index is -1.000. The minimum absolute atomic E-state index is 0.775. The molecule has 0 fully saturated rings. The van der Waals surface area contributed by atoms with Crippen molar-refractivity contribution in [2.45, 2.75) is 85.2 Å². The second-order valence-corrected chi connectivity index (χ2v) is 11.2. The first-order valence-corrected chi connectivity index (χ1v) is 15.3. The summed E-state index contributed by atoms with van der Waals surface area (Å²) >= 11 is 0. The van der Waals surface area contributed by atoms with Crippen LogP contribution in [-0.4, -0.2) is 58.7 Å². The van der Waals surface area contributed by atoms with Gasteiger partial charge in [-0.05, 0) is 58.0 Å². The molecule has 1 rings (SSSR count). The molecule has 0 unspecified atom stereocenters. The molecule has 0 saturated heterocycles. The Morgan fingerprint density at radius 2 is 1.42 bits per heavy atom. The molecule has 0 aliphatic heterocycles. The van der Waals surface area contributed by atoms with Gasteiger partial charge in [-0.1, -0.05) is 50.6 Å². The van der Waals surface area contributed by atoms with Crippen LogP contribution in [0.3, 0.4) is 0 Å². The summed E-state index contributed by atoms with van der Waals surface area (Å²) in [5.74, 6) is 0. The smallest absolute Gasteiger partial charge is 0.384 e. The van der Waals surface area contributed by atoms with Crippen molar-refractivity contribution in [2.75, 3.05) is 49.7 Å². The molecule has 0 aromatic heterocycles. The van der Waals surface area contributed by atoms with Gasteiger partial charge in [-0.25, -0.2) is 0 Å². The third-order valence-electron chi connectivity index (χ3n) is 5.87. The van der Waals surface area contributed by atoms with E-state index in [1.807, 2.05) is 0 Å². The first-order valence-electron chi connectivity index (χ1n) is 12.5. The summed E-state index contributed by atoms with van der Waals surface area (Å²) in [4.78, 5) is 4.97. The normalized spacial score (nSPS) is 11.3.